The highest BCUT2D eigenvalue weighted by Crippen LogP contribution is 2.30. The van der Waals surface area contributed by atoms with Gasteiger partial charge >= 0.3 is 6.09 Å². The van der Waals surface area contributed by atoms with E-state index in [1.54, 1.807) is 11.1 Å². The Morgan fingerprint density at radius 1 is 1.23 bits per heavy atom. The van der Waals surface area contributed by atoms with Gasteiger partial charge in [-0.25, -0.2) is 14.8 Å². The molecule has 7 nitrogen and oxygen atoms in total. The third-order valence-corrected chi connectivity index (χ3v) is 5.56. The van der Waals surface area contributed by atoms with Crippen LogP contribution < -0.4 is 5.32 Å². The van der Waals surface area contributed by atoms with E-state index >= 15 is 0 Å². The predicted octanol–water partition coefficient (Wildman–Crippen LogP) is 5.35. The highest BCUT2D eigenvalue weighted by atomic mass is 79.9. The number of anilines is 2. The number of nitrogens with one attached hydrogen (secondary N) is 1. The van der Waals surface area contributed by atoms with Gasteiger partial charge in [-0.1, -0.05) is 6.07 Å². The lowest BCUT2D eigenvalue weighted by molar-refractivity contribution is 0.0205. The number of likely N-dealkylation sites (tertiary alicyclic amines) is 1. The number of imidazole rings is 1. The van der Waals surface area contributed by atoms with Gasteiger partial charge in [-0.05, 0) is 73.2 Å². The van der Waals surface area contributed by atoms with E-state index in [0.29, 0.717) is 19.0 Å². The maximum atomic E-state index is 12.2. The minimum absolute atomic E-state index is 0.224. The van der Waals surface area contributed by atoms with E-state index in [0.717, 1.165) is 34.5 Å². The van der Waals surface area contributed by atoms with Crippen LogP contribution in [0.5, 0.6) is 0 Å². The average molecular weight is 472 g/mol. The van der Waals surface area contributed by atoms with Crippen molar-refractivity contribution in [2.45, 2.75) is 45.1 Å². The maximum Gasteiger partial charge on any atom is 0.410 e. The number of carbonyl (C=O) groups excluding carboxylic acids is 1. The Bertz CT molecular complexity index is 1030. The molecule has 0 radical (unpaired) electrons. The van der Waals surface area contributed by atoms with Crippen molar-refractivity contribution in [3.8, 4) is 0 Å². The van der Waals surface area contributed by atoms with Crippen molar-refractivity contribution in [2.75, 3.05) is 18.4 Å². The molecule has 1 fully saturated rings. The molecule has 0 bridgehead atoms. The lowest BCUT2D eigenvalue weighted by atomic mass is 9.90. The molecular formula is C22H26BrN5O2. The minimum atomic E-state index is -0.461. The van der Waals surface area contributed by atoms with Crippen LogP contribution in [0.2, 0.25) is 0 Å². The zero-order valence-corrected chi connectivity index (χ0v) is 19.0. The fourth-order valence-corrected chi connectivity index (χ4v) is 4.12. The standard InChI is InChI=1S/C22H26BrN5O2/c1-22(2,3)30-21(29)27-9-6-15(7-10-27)16-4-5-19(25-13-16)26-18-12-17(23)14-28-11-8-24-20(18)28/h4-5,8,11-15H,6-7,9-10H2,1-3H3,(H,25,26). The molecule has 158 valence electrons. The Kier molecular flexibility index (Phi) is 5.69. The van der Waals surface area contributed by atoms with Crippen LogP contribution in [0.25, 0.3) is 5.65 Å². The van der Waals surface area contributed by atoms with Gasteiger partial charge in [-0.15, -0.1) is 0 Å². The van der Waals surface area contributed by atoms with E-state index in [1.165, 1.54) is 5.56 Å². The van der Waals surface area contributed by atoms with E-state index in [1.807, 2.05) is 55.9 Å². The molecule has 1 saturated heterocycles. The minimum Gasteiger partial charge on any atom is -0.444 e. The smallest absolute Gasteiger partial charge is 0.410 e. The van der Waals surface area contributed by atoms with Crippen LogP contribution in [0, 0.1) is 0 Å². The van der Waals surface area contributed by atoms with Crippen molar-refractivity contribution in [3.05, 3.63) is 53.0 Å². The third kappa shape index (κ3) is 4.75. The lowest BCUT2D eigenvalue weighted by Gasteiger charge is -2.33. The molecule has 4 heterocycles. The second kappa shape index (κ2) is 8.26. The summed E-state index contributed by atoms with van der Waals surface area (Å²) in [6, 6.07) is 6.10. The fraction of sp³-hybridized carbons (Fsp3) is 0.409. The Balaban J connectivity index is 1.39. The lowest BCUT2D eigenvalue weighted by Crippen LogP contribution is -2.41. The van der Waals surface area contributed by atoms with Gasteiger partial charge in [0, 0.05) is 42.3 Å². The van der Waals surface area contributed by atoms with Crippen LogP contribution >= 0.6 is 15.9 Å². The molecule has 1 aliphatic rings. The molecule has 0 atom stereocenters. The van der Waals surface area contributed by atoms with Gasteiger partial charge < -0.3 is 19.4 Å². The van der Waals surface area contributed by atoms with Crippen molar-refractivity contribution in [3.63, 3.8) is 0 Å². The first kappa shape index (κ1) is 20.7. The van der Waals surface area contributed by atoms with Crippen molar-refractivity contribution in [1.29, 1.82) is 0 Å². The van der Waals surface area contributed by atoms with Crippen LogP contribution in [0.1, 0.15) is 45.1 Å². The number of pyridine rings is 2. The SMILES string of the molecule is CC(C)(C)OC(=O)N1CCC(c2ccc(Nc3cc(Br)cn4ccnc34)nc2)CC1. The van der Waals surface area contributed by atoms with Crippen LogP contribution in [0.4, 0.5) is 16.3 Å². The van der Waals surface area contributed by atoms with Crippen molar-refractivity contribution >= 4 is 39.2 Å². The van der Waals surface area contributed by atoms with E-state index < -0.39 is 5.60 Å². The van der Waals surface area contributed by atoms with E-state index in [4.69, 9.17) is 4.74 Å². The number of aromatic nitrogens is 3. The van der Waals surface area contributed by atoms with Gasteiger partial charge in [-0.3, -0.25) is 0 Å². The number of ether oxygens (including phenoxy) is 1. The second-order valence-electron chi connectivity index (χ2n) is 8.57. The highest BCUT2D eigenvalue weighted by molar-refractivity contribution is 9.10. The summed E-state index contributed by atoms with van der Waals surface area (Å²) in [5, 5.41) is 3.35. The largest absolute Gasteiger partial charge is 0.444 e. The zero-order valence-electron chi connectivity index (χ0n) is 17.4. The first-order valence-electron chi connectivity index (χ1n) is 10.1. The van der Waals surface area contributed by atoms with E-state index in [2.05, 4.69) is 37.3 Å². The third-order valence-electron chi connectivity index (χ3n) is 5.12. The summed E-state index contributed by atoms with van der Waals surface area (Å²) < 4.78 is 8.40. The molecule has 8 heteroatoms. The summed E-state index contributed by atoms with van der Waals surface area (Å²) >= 11 is 3.53. The summed E-state index contributed by atoms with van der Waals surface area (Å²) in [5.41, 5.74) is 2.47. The van der Waals surface area contributed by atoms with Crippen molar-refractivity contribution in [1.82, 2.24) is 19.3 Å². The van der Waals surface area contributed by atoms with Gasteiger partial charge in [0.05, 0.1) is 5.69 Å². The van der Waals surface area contributed by atoms with Crippen molar-refractivity contribution < 1.29 is 9.53 Å². The molecule has 0 unspecified atom stereocenters. The average Bonchev–Trinajstić information content (AvgIpc) is 3.16. The predicted molar refractivity (Wildman–Crippen MR) is 120 cm³/mol. The quantitative estimate of drug-likeness (QED) is 0.557. The normalized spacial score (nSPS) is 15.4. The molecule has 0 spiro atoms. The molecule has 0 aromatic carbocycles. The number of amides is 1. The topological polar surface area (TPSA) is 71.8 Å². The number of carbonyl (C=O) groups is 1. The first-order valence-corrected chi connectivity index (χ1v) is 10.9. The van der Waals surface area contributed by atoms with Crippen LogP contribution in [0.3, 0.4) is 0 Å². The highest BCUT2D eigenvalue weighted by Gasteiger charge is 2.27. The van der Waals surface area contributed by atoms with Gasteiger partial charge in [0.2, 0.25) is 0 Å². The molecule has 30 heavy (non-hydrogen) atoms. The van der Waals surface area contributed by atoms with Crippen molar-refractivity contribution in [2.24, 2.45) is 0 Å². The van der Waals surface area contributed by atoms with Gasteiger partial charge in [-0.2, -0.15) is 0 Å². The molecule has 0 aliphatic carbocycles. The van der Waals surface area contributed by atoms with Gasteiger partial charge in [0.1, 0.15) is 11.4 Å². The van der Waals surface area contributed by atoms with Gasteiger partial charge in [0.25, 0.3) is 0 Å². The Morgan fingerprint density at radius 3 is 2.67 bits per heavy atom. The summed E-state index contributed by atoms with van der Waals surface area (Å²) in [7, 11) is 0. The van der Waals surface area contributed by atoms with Crippen LogP contribution in [-0.4, -0.2) is 44.1 Å². The van der Waals surface area contributed by atoms with Crippen LogP contribution in [-0.2, 0) is 4.74 Å². The Morgan fingerprint density at radius 2 is 2.00 bits per heavy atom. The summed E-state index contributed by atoms with van der Waals surface area (Å²) in [6.45, 7) is 7.09. The van der Waals surface area contributed by atoms with E-state index in [-0.39, 0.29) is 6.09 Å². The molecule has 1 amide bonds. The van der Waals surface area contributed by atoms with Gasteiger partial charge in [0.15, 0.2) is 5.65 Å². The molecule has 1 N–H and O–H groups in total. The summed E-state index contributed by atoms with van der Waals surface area (Å²) in [5.74, 6) is 1.17. The number of piperidine rings is 1. The molecule has 1 aliphatic heterocycles. The van der Waals surface area contributed by atoms with Crippen LogP contribution in [0.15, 0.2) is 47.5 Å². The number of halogens is 1. The fourth-order valence-electron chi connectivity index (χ4n) is 3.67. The molecule has 4 rings (SSSR count). The first-order chi connectivity index (χ1) is 14.3. The van der Waals surface area contributed by atoms with E-state index in [9.17, 15) is 4.79 Å². The molecular weight excluding hydrogens is 446 g/mol. The maximum absolute atomic E-state index is 12.2. The Labute approximate surface area is 184 Å². The zero-order chi connectivity index (χ0) is 21.3. The molecule has 0 saturated carbocycles. The molecule has 3 aromatic rings. The monoisotopic (exact) mass is 471 g/mol. The number of fused-ring (bicyclic) bond motifs is 1. The number of hydrogen-bond acceptors (Lipinski definition) is 5. The second-order valence-corrected chi connectivity index (χ2v) is 9.49. The molecule has 3 aromatic heterocycles. The summed E-state index contributed by atoms with van der Waals surface area (Å²) in [6.07, 6.45) is 9.17. The number of hydrogen-bond donors (Lipinski definition) is 1. The number of nitrogens with zero attached hydrogens (tertiary/aromatic N) is 4. The Hall–Kier alpha value is -2.61. The summed E-state index contributed by atoms with van der Waals surface area (Å²) in [4.78, 5) is 23.0. The number of rotatable bonds is 3.